The lowest BCUT2D eigenvalue weighted by Gasteiger charge is -2.35. The van der Waals surface area contributed by atoms with Gasteiger partial charge in [-0.05, 0) is 49.9 Å². The molecular formula is C17H23NO5S. The van der Waals surface area contributed by atoms with Crippen molar-refractivity contribution in [2.75, 3.05) is 19.4 Å². The quantitative estimate of drug-likeness (QED) is 0.757. The zero-order valence-corrected chi connectivity index (χ0v) is 14.8. The Morgan fingerprint density at radius 1 is 1.21 bits per heavy atom. The van der Waals surface area contributed by atoms with E-state index in [1.807, 2.05) is 6.92 Å². The average molecular weight is 353 g/mol. The van der Waals surface area contributed by atoms with Crippen molar-refractivity contribution in [3.05, 3.63) is 29.8 Å². The van der Waals surface area contributed by atoms with Crippen LogP contribution in [-0.4, -0.2) is 50.6 Å². The van der Waals surface area contributed by atoms with Crippen LogP contribution in [0.5, 0.6) is 0 Å². The van der Waals surface area contributed by atoms with Crippen molar-refractivity contribution in [2.24, 2.45) is 0 Å². The molecule has 7 heteroatoms. The molecule has 1 amide bonds. The van der Waals surface area contributed by atoms with Crippen molar-refractivity contribution in [2.45, 2.75) is 43.5 Å². The van der Waals surface area contributed by atoms with Crippen molar-refractivity contribution >= 4 is 21.7 Å². The molecule has 24 heavy (non-hydrogen) atoms. The zero-order chi connectivity index (χ0) is 17.7. The monoisotopic (exact) mass is 353 g/mol. The maximum atomic E-state index is 12.3. The van der Waals surface area contributed by atoms with Gasteiger partial charge >= 0.3 is 5.97 Å². The molecule has 1 atom stereocenters. The van der Waals surface area contributed by atoms with Gasteiger partial charge < -0.3 is 9.64 Å². The van der Waals surface area contributed by atoms with Crippen LogP contribution < -0.4 is 0 Å². The molecular weight excluding hydrogens is 330 g/mol. The first kappa shape index (κ1) is 18.4. The van der Waals surface area contributed by atoms with Crippen LogP contribution in [0.2, 0.25) is 0 Å². The predicted octanol–water partition coefficient (Wildman–Crippen LogP) is 2.04. The summed E-state index contributed by atoms with van der Waals surface area (Å²) in [6, 6.07) is 5.70. The molecule has 0 bridgehead atoms. The molecule has 0 aliphatic carbocycles. The van der Waals surface area contributed by atoms with E-state index in [0.29, 0.717) is 6.54 Å². The molecule has 0 saturated carbocycles. The SMILES string of the molecule is CC[C@H]1CCCCN1C(=O)COC(=O)c1ccc(S(C)(=O)=O)cc1. The van der Waals surface area contributed by atoms with Crippen LogP contribution in [0, 0.1) is 0 Å². The third-order valence-electron chi connectivity index (χ3n) is 4.26. The van der Waals surface area contributed by atoms with Crippen LogP contribution in [0.1, 0.15) is 43.0 Å². The number of sulfone groups is 1. The fourth-order valence-electron chi connectivity index (χ4n) is 2.89. The van der Waals surface area contributed by atoms with Crippen molar-refractivity contribution in [1.82, 2.24) is 4.90 Å². The maximum absolute atomic E-state index is 12.3. The normalized spacial score (nSPS) is 18.2. The number of hydrogen-bond acceptors (Lipinski definition) is 5. The third kappa shape index (κ3) is 4.56. The predicted molar refractivity (Wildman–Crippen MR) is 89.5 cm³/mol. The molecule has 1 saturated heterocycles. The number of ether oxygens (including phenoxy) is 1. The summed E-state index contributed by atoms with van der Waals surface area (Å²) in [5.41, 5.74) is 0.223. The molecule has 2 rings (SSSR count). The number of carbonyl (C=O) groups excluding carboxylic acids is 2. The van der Waals surface area contributed by atoms with Gasteiger partial charge in [0, 0.05) is 18.8 Å². The molecule has 0 unspecified atom stereocenters. The molecule has 1 fully saturated rings. The van der Waals surface area contributed by atoms with Crippen molar-refractivity contribution < 1.29 is 22.7 Å². The topological polar surface area (TPSA) is 80.8 Å². The van der Waals surface area contributed by atoms with Gasteiger partial charge in [-0.3, -0.25) is 4.79 Å². The second-order valence-corrected chi connectivity index (χ2v) is 8.03. The molecule has 0 N–H and O–H groups in total. The second-order valence-electron chi connectivity index (χ2n) is 6.02. The minimum absolute atomic E-state index is 0.134. The van der Waals surface area contributed by atoms with Crippen LogP contribution in [0.3, 0.4) is 0 Å². The number of hydrogen-bond donors (Lipinski definition) is 0. The van der Waals surface area contributed by atoms with E-state index in [0.717, 1.165) is 31.9 Å². The van der Waals surface area contributed by atoms with Gasteiger partial charge in [-0.25, -0.2) is 13.2 Å². The third-order valence-corrected chi connectivity index (χ3v) is 5.39. The zero-order valence-electron chi connectivity index (χ0n) is 14.0. The van der Waals surface area contributed by atoms with E-state index in [1.54, 1.807) is 4.90 Å². The minimum atomic E-state index is -3.31. The first-order chi connectivity index (χ1) is 11.3. The minimum Gasteiger partial charge on any atom is -0.452 e. The smallest absolute Gasteiger partial charge is 0.338 e. The van der Waals surface area contributed by atoms with Crippen molar-refractivity contribution in [3.8, 4) is 0 Å². The summed E-state index contributed by atoms with van der Waals surface area (Å²) in [4.78, 5) is 26.2. The molecule has 1 aliphatic rings. The van der Waals surface area contributed by atoms with Gasteiger partial charge in [-0.2, -0.15) is 0 Å². The van der Waals surface area contributed by atoms with Crippen LogP contribution in [0.25, 0.3) is 0 Å². The second kappa shape index (κ2) is 7.79. The molecule has 6 nitrogen and oxygen atoms in total. The molecule has 0 radical (unpaired) electrons. The number of nitrogens with zero attached hydrogens (tertiary/aromatic N) is 1. The summed E-state index contributed by atoms with van der Waals surface area (Å²) >= 11 is 0. The van der Waals surface area contributed by atoms with E-state index in [9.17, 15) is 18.0 Å². The van der Waals surface area contributed by atoms with Crippen molar-refractivity contribution in [1.29, 1.82) is 0 Å². The van der Waals surface area contributed by atoms with Crippen LogP contribution in [-0.2, 0) is 19.4 Å². The Morgan fingerprint density at radius 2 is 1.88 bits per heavy atom. The highest BCUT2D eigenvalue weighted by Crippen LogP contribution is 2.19. The Labute approximate surface area is 142 Å². The fourth-order valence-corrected chi connectivity index (χ4v) is 3.52. The van der Waals surface area contributed by atoms with E-state index in [2.05, 4.69) is 0 Å². The lowest BCUT2D eigenvalue weighted by molar-refractivity contribution is -0.138. The number of esters is 1. The average Bonchev–Trinajstić information content (AvgIpc) is 2.58. The summed E-state index contributed by atoms with van der Waals surface area (Å²) in [5.74, 6) is -0.809. The first-order valence-corrected chi connectivity index (χ1v) is 9.98. The Bertz CT molecular complexity index is 696. The van der Waals surface area contributed by atoms with Gasteiger partial charge in [-0.1, -0.05) is 6.92 Å². The van der Waals surface area contributed by atoms with Gasteiger partial charge in [0.05, 0.1) is 10.5 Å². The number of carbonyl (C=O) groups is 2. The van der Waals surface area contributed by atoms with Gasteiger partial charge in [0.15, 0.2) is 16.4 Å². The van der Waals surface area contributed by atoms with E-state index >= 15 is 0 Å². The van der Waals surface area contributed by atoms with Crippen LogP contribution in [0.15, 0.2) is 29.2 Å². The first-order valence-electron chi connectivity index (χ1n) is 8.09. The molecule has 1 aromatic rings. The molecule has 1 aromatic carbocycles. The molecule has 0 spiro atoms. The largest absolute Gasteiger partial charge is 0.452 e. The lowest BCUT2D eigenvalue weighted by atomic mass is 10.00. The number of likely N-dealkylation sites (tertiary alicyclic amines) is 1. The summed E-state index contributed by atoms with van der Waals surface area (Å²) in [6.45, 7) is 2.46. The van der Waals surface area contributed by atoms with E-state index in [1.165, 1.54) is 24.3 Å². The summed E-state index contributed by atoms with van der Waals surface area (Å²) in [5, 5.41) is 0. The molecule has 0 aromatic heterocycles. The van der Waals surface area contributed by atoms with Gasteiger partial charge in [0.25, 0.3) is 5.91 Å². The van der Waals surface area contributed by atoms with E-state index < -0.39 is 15.8 Å². The van der Waals surface area contributed by atoms with Crippen LogP contribution in [0.4, 0.5) is 0 Å². The Balaban J connectivity index is 1.94. The summed E-state index contributed by atoms with van der Waals surface area (Å²) < 4.78 is 27.9. The number of piperidine rings is 1. The highest BCUT2D eigenvalue weighted by molar-refractivity contribution is 7.90. The fraction of sp³-hybridized carbons (Fsp3) is 0.529. The van der Waals surface area contributed by atoms with Crippen LogP contribution >= 0.6 is 0 Å². The van der Waals surface area contributed by atoms with E-state index in [-0.39, 0.29) is 29.0 Å². The molecule has 1 aliphatic heterocycles. The van der Waals surface area contributed by atoms with E-state index in [4.69, 9.17) is 4.74 Å². The van der Waals surface area contributed by atoms with Gasteiger partial charge in [0.2, 0.25) is 0 Å². The highest BCUT2D eigenvalue weighted by Gasteiger charge is 2.26. The highest BCUT2D eigenvalue weighted by atomic mass is 32.2. The van der Waals surface area contributed by atoms with Gasteiger partial charge in [0.1, 0.15) is 0 Å². The van der Waals surface area contributed by atoms with Crippen molar-refractivity contribution in [3.63, 3.8) is 0 Å². The number of amides is 1. The number of benzene rings is 1. The summed E-state index contributed by atoms with van der Waals surface area (Å²) in [6.07, 6.45) is 5.08. The summed E-state index contributed by atoms with van der Waals surface area (Å²) in [7, 11) is -3.31. The Hall–Kier alpha value is -1.89. The standard InChI is InChI=1S/C17H23NO5S/c1-3-14-6-4-5-11-18(14)16(19)12-23-17(20)13-7-9-15(10-8-13)24(2,21)22/h7-10,14H,3-6,11-12H2,1-2H3/t14-/m0/s1. The molecule has 1 heterocycles. The molecule has 132 valence electrons. The van der Waals surface area contributed by atoms with Gasteiger partial charge in [-0.15, -0.1) is 0 Å². The lowest BCUT2D eigenvalue weighted by Crippen LogP contribution is -2.45. The maximum Gasteiger partial charge on any atom is 0.338 e. The Kier molecular flexibility index (Phi) is 5.99. The Morgan fingerprint density at radius 3 is 2.46 bits per heavy atom. The number of rotatable bonds is 5.